The molecule has 1 unspecified atom stereocenters. The molecule has 0 aromatic rings. The van der Waals surface area contributed by atoms with Crippen molar-refractivity contribution in [2.75, 3.05) is 32.8 Å². The molecule has 2 heterocycles. The van der Waals surface area contributed by atoms with Crippen LogP contribution in [0.4, 0.5) is 0 Å². The highest BCUT2D eigenvalue weighted by Crippen LogP contribution is 2.20. The zero-order chi connectivity index (χ0) is 9.10. The van der Waals surface area contributed by atoms with Crippen molar-refractivity contribution in [2.45, 2.75) is 25.3 Å². The molecular weight excluding hydrogens is 164 g/mol. The van der Waals surface area contributed by atoms with E-state index in [-0.39, 0.29) is 0 Å². The van der Waals surface area contributed by atoms with Crippen molar-refractivity contribution in [3.05, 3.63) is 0 Å². The lowest BCUT2D eigenvalue weighted by Crippen LogP contribution is -2.42. The quantitative estimate of drug-likeness (QED) is 0.636. The van der Waals surface area contributed by atoms with E-state index in [0.717, 1.165) is 6.04 Å². The van der Waals surface area contributed by atoms with E-state index in [9.17, 15) is 0 Å². The molecule has 0 amide bonds. The molecule has 2 N–H and O–H groups in total. The first-order valence-electron chi connectivity index (χ1n) is 5.46. The molecule has 2 rings (SSSR count). The number of nitrogens with one attached hydrogen (secondary N) is 1. The van der Waals surface area contributed by atoms with Crippen molar-refractivity contribution >= 4 is 0 Å². The Kier molecular flexibility index (Phi) is 3.19. The Bertz CT molecular complexity index is 149. The maximum absolute atomic E-state index is 9.01. The van der Waals surface area contributed by atoms with Crippen LogP contribution in [0.1, 0.15) is 19.3 Å². The molecule has 2 aliphatic heterocycles. The molecule has 0 saturated carbocycles. The molecular formula is C10H20N2O. The van der Waals surface area contributed by atoms with Gasteiger partial charge in [0.05, 0.1) is 0 Å². The van der Waals surface area contributed by atoms with Gasteiger partial charge in [0.2, 0.25) is 0 Å². The highest BCUT2D eigenvalue weighted by molar-refractivity contribution is 4.83. The van der Waals surface area contributed by atoms with Crippen molar-refractivity contribution in [3.8, 4) is 0 Å². The van der Waals surface area contributed by atoms with Crippen molar-refractivity contribution in [2.24, 2.45) is 5.92 Å². The summed E-state index contributed by atoms with van der Waals surface area (Å²) in [4.78, 5) is 2.59. The standard InChI is InChI=1S/C10H20N2O/c13-8-9-2-5-12(6-3-9)10-1-4-11-7-10/h9-11,13H,1-8H2. The number of rotatable bonds is 2. The van der Waals surface area contributed by atoms with E-state index in [1.807, 2.05) is 0 Å². The minimum absolute atomic E-state index is 0.386. The molecule has 76 valence electrons. The lowest BCUT2D eigenvalue weighted by molar-refractivity contribution is 0.106. The van der Waals surface area contributed by atoms with Crippen molar-refractivity contribution in [1.29, 1.82) is 0 Å². The monoisotopic (exact) mass is 184 g/mol. The first-order chi connectivity index (χ1) is 6.40. The Balaban J connectivity index is 1.77. The molecule has 2 saturated heterocycles. The van der Waals surface area contributed by atoms with Crippen LogP contribution in [0.15, 0.2) is 0 Å². The minimum atomic E-state index is 0.386. The summed E-state index contributed by atoms with van der Waals surface area (Å²) in [5.41, 5.74) is 0. The molecule has 13 heavy (non-hydrogen) atoms. The maximum Gasteiger partial charge on any atom is 0.0460 e. The SMILES string of the molecule is OCC1CCN(C2CCNC2)CC1. The summed E-state index contributed by atoms with van der Waals surface area (Å²) >= 11 is 0. The number of hydrogen-bond acceptors (Lipinski definition) is 3. The van der Waals surface area contributed by atoms with Gasteiger partial charge in [-0.25, -0.2) is 0 Å². The predicted octanol–water partition coefficient (Wildman–Crippen LogP) is 0.0526. The molecule has 1 atom stereocenters. The van der Waals surface area contributed by atoms with Gasteiger partial charge in [-0.05, 0) is 44.8 Å². The van der Waals surface area contributed by atoms with E-state index in [4.69, 9.17) is 5.11 Å². The van der Waals surface area contributed by atoms with E-state index >= 15 is 0 Å². The van der Waals surface area contributed by atoms with Crippen LogP contribution in [0.3, 0.4) is 0 Å². The van der Waals surface area contributed by atoms with Gasteiger partial charge in [-0.3, -0.25) is 4.90 Å². The zero-order valence-electron chi connectivity index (χ0n) is 8.21. The topological polar surface area (TPSA) is 35.5 Å². The van der Waals surface area contributed by atoms with E-state index in [1.165, 1.54) is 45.4 Å². The normalized spacial score (nSPS) is 32.5. The Labute approximate surface area is 80.1 Å². The molecule has 0 spiro atoms. The molecule has 2 aliphatic rings. The predicted molar refractivity (Wildman–Crippen MR) is 52.7 cm³/mol. The van der Waals surface area contributed by atoms with Crippen molar-refractivity contribution in [1.82, 2.24) is 10.2 Å². The van der Waals surface area contributed by atoms with Gasteiger partial charge in [0.1, 0.15) is 0 Å². The molecule has 2 fully saturated rings. The second kappa shape index (κ2) is 4.40. The fraction of sp³-hybridized carbons (Fsp3) is 1.00. The van der Waals surface area contributed by atoms with Crippen molar-refractivity contribution in [3.63, 3.8) is 0 Å². The van der Waals surface area contributed by atoms with Gasteiger partial charge in [-0.2, -0.15) is 0 Å². The molecule has 3 nitrogen and oxygen atoms in total. The van der Waals surface area contributed by atoms with Gasteiger partial charge >= 0.3 is 0 Å². The summed E-state index contributed by atoms with van der Waals surface area (Å²) in [6.07, 6.45) is 3.68. The van der Waals surface area contributed by atoms with Gasteiger partial charge in [-0.15, -0.1) is 0 Å². The Hall–Kier alpha value is -0.120. The molecule has 0 aromatic carbocycles. The number of likely N-dealkylation sites (tertiary alicyclic amines) is 1. The summed E-state index contributed by atoms with van der Waals surface area (Å²) in [6.45, 7) is 5.13. The molecule has 0 radical (unpaired) electrons. The second-order valence-corrected chi connectivity index (χ2v) is 4.31. The van der Waals surface area contributed by atoms with Crippen LogP contribution < -0.4 is 5.32 Å². The van der Waals surface area contributed by atoms with Crippen molar-refractivity contribution < 1.29 is 5.11 Å². The highest BCUT2D eigenvalue weighted by Gasteiger charge is 2.26. The fourth-order valence-corrected chi connectivity index (χ4v) is 2.45. The van der Waals surface area contributed by atoms with Crippen LogP contribution in [0.2, 0.25) is 0 Å². The number of aliphatic hydroxyl groups is 1. The van der Waals surface area contributed by atoms with E-state index in [1.54, 1.807) is 0 Å². The summed E-state index contributed by atoms with van der Waals surface area (Å²) in [6, 6.07) is 0.777. The first-order valence-corrected chi connectivity index (χ1v) is 5.46. The highest BCUT2D eigenvalue weighted by atomic mass is 16.3. The molecule has 3 heteroatoms. The van der Waals surface area contributed by atoms with Crippen LogP contribution in [-0.4, -0.2) is 48.8 Å². The summed E-state index contributed by atoms with van der Waals surface area (Å²) in [5.74, 6) is 0.575. The molecule has 0 bridgehead atoms. The third-order valence-electron chi connectivity index (χ3n) is 3.46. The lowest BCUT2D eigenvalue weighted by atomic mass is 9.96. The summed E-state index contributed by atoms with van der Waals surface area (Å²) in [7, 11) is 0. The van der Waals surface area contributed by atoms with Crippen LogP contribution in [-0.2, 0) is 0 Å². The molecule has 0 aliphatic carbocycles. The second-order valence-electron chi connectivity index (χ2n) is 4.31. The zero-order valence-corrected chi connectivity index (χ0v) is 8.21. The van der Waals surface area contributed by atoms with Gasteiger partial charge < -0.3 is 10.4 Å². The Morgan fingerprint density at radius 2 is 2.00 bits per heavy atom. The average molecular weight is 184 g/mol. The number of nitrogens with zero attached hydrogens (tertiary/aromatic N) is 1. The van der Waals surface area contributed by atoms with Gasteiger partial charge in [-0.1, -0.05) is 0 Å². The van der Waals surface area contributed by atoms with Gasteiger partial charge in [0.15, 0.2) is 0 Å². The maximum atomic E-state index is 9.01. The van der Waals surface area contributed by atoms with Crippen LogP contribution >= 0.6 is 0 Å². The van der Waals surface area contributed by atoms with Gasteiger partial charge in [0.25, 0.3) is 0 Å². The van der Waals surface area contributed by atoms with Crippen LogP contribution in [0, 0.1) is 5.92 Å². The smallest absolute Gasteiger partial charge is 0.0460 e. The van der Waals surface area contributed by atoms with Crippen LogP contribution in [0.25, 0.3) is 0 Å². The first kappa shape index (κ1) is 9.44. The minimum Gasteiger partial charge on any atom is -0.396 e. The van der Waals surface area contributed by atoms with E-state index in [2.05, 4.69) is 10.2 Å². The largest absolute Gasteiger partial charge is 0.396 e. The number of piperidine rings is 1. The van der Waals surface area contributed by atoms with E-state index in [0.29, 0.717) is 12.5 Å². The Morgan fingerprint density at radius 1 is 1.23 bits per heavy atom. The van der Waals surface area contributed by atoms with Crippen LogP contribution in [0.5, 0.6) is 0 Å². The third-order valence-corrected chi connectivity index (χ3v) is 3.46. The molecule has 0 aromatic heterocycles. The fourth-order valence-electron chi connectivity index (χ4n) is 2.45. The number of aliphatic hydroxyl groups excluding tert-OH is 1. The third kappa shape index (κ3) is 2.22. The number of hydrogen-bond donors (Lipinski definition) is 2. The van der Waals surface area contributed by atoms with E-state index < -0.39 is 0 Å². The lowest BCUT2D eigenvalue weighted by Gasteiger charge is -2.35. The average Bonchev–Trinajstić information content (AvgIpc) is 2.71. The van der Waals surface area contributed by atoms with Gasteiger partial charge in [0, 0.05) is 19.2 Å². The summed E-state index contributed by atoms with van der Waals surface area (Å²) < 4.78 is 0. The summed E-state index contributed by atoms with van der Waals surface area (Å²) in [5, 5.41) is 12.4. The Morgan fingerprint density at radius 3 is 2.54 bits per heavy atom.